The van der Waals surface area contributed by atoms with Crippen molar-refractivity contribution in [1.29, 1.82) is 0 Å². The van der Waals surface area contributed by atoms with Gasteiger partial charge in [0.25, 0.3) is 0 Å². The van der Waals surface area contributed by atoms with Crippen LogP contribution in [0.1, 0.15) is 26.2 Å². The topological polar surface area (TPSA) is 143 Å². The van der Waals surface area contributed by atoms with E-state index in [-0.39, 0.29) is 0 Å². The van der Waals surface area contributed by atoms with E-state index in [0.717, 1.165) is 25.5 Å². The Morgan fingerprint density at radius 2 is 1.97 bits per heavy atom. The Balaban J connectivity index is 1.95. The highest BCUT2D eigenvalue weighted by Gasteiger charge is 2.21. The molecule has 0 fully saturated rings. The number of pyridine rings is 1. The smallest absolute Gasteiger partial charge is 0.328 e. The van der Waals surface area contributed by atoms with Crippen LogP contribution in [0.15, 0.2) is 55.0 Å². The highest BCUT2D eigenvalue weighted by Crippen LogP contribution is 2.28. The summed E-state index contributed by atoms with van der Waals surface area (Å²) >= 11 is 0. The number of hydrogen-bond acceptors (Lipinski definition) is 7. The van der Waals surface area contributed by atoms with Crippen LogP contribution in [-0.4, -0.2) is 42.2 Å². The number of nitrogens with one attached hydrogen (secondary N) is 2. The van der Waals surface area contributed by atoms with Crippen LogP contribution in [0.5, 0.6) is 0 Å². The van der Waals surface area contributed by atoms with Crippen LogP contribution >= 0.6 is 0 Å². The zero-order valence-corrected chi connectivity index (χ0v) is 19.3. The van der Waals surface area contributed by atoms with Gasteiger partial charge in [0, 0.05) is 30.2 Å². The number of amides is 2. The van der Waals surface area contributed by atoms with E-state index >= 15 is 0 Å². The fourth-order valence-electron chi connectivity index (χ4n) is 3.16. The molecule has 2 aromatic heterocycles. The standard InChI is InChI=1S/C22H27N7O3S/c1-3-4-5-13-29(22(30)27-20-15-24-11-12-25-20)21-18(23)9-10-19(26-21)16-7-6-8-17(14-16)28-33(2,31)32/h6-12,14-15,28H,3-5,13,23H2,1-2H3,(H,25,27,30). The molecule has 33 heavy (non-hydrogen) atoms. The van der Waals surface area contributed by atoms with E-state index in [9.17, 15) is 13.2 Å². The van der Waals surface area contributed by atoms with E-state index in [4.69, 9.17) is 5.73 Å². The van der Waals surface area contributed by atoms with Crippen molar-refractivity contribution >= 4 is 39.1 Å². The predicted octanol–water partition coefficient (Wildman–Crippen LogP) is 3.72. The van der Waals surface area contributed by atoms with E-state index in [1.54, 1.807) is 36.4 Å². The molecule has 1 aromatic carbocycles. The summed E-state index contributed by atoms with van der Waals surface area (Å²) in [6, 6.07) is 9.82. The molecule has 0 unspecified atom stereocenters. The number of rotatable bonds is 9. The summed E-state index contributed by atoms with van der Waals surface area (Å²) in [6.45, 7) is 2.49. The van der Waals surface area contributed by atoms with Crippen molar-refractivity contribution in [3.63, 3.8) is 0 Å². The van der Waals surface area contributed by atoms with Crippen LogP contribution in [0.4, 0.5) is 27.8 Å². The lowest BCUT2D eigenvalue weighted by Gasteiger charge is -2.24. The SMILES string of the molecule is CCCCCN(C(=O)Nc1cnccn1)c1nc(-c2cccc(NS(C)(=O)=O)c2)ccc1N. The number of carbonyl (C=O) groups excluding carboxylic acids is 1. The molecule has 0 aliphatic carbocycles. The van der Waals surface area contributed by atoms with Crippen molar-refractivity contribution in [2.45, 2.75) is 26.2 Å². The first-order valence-electron chi connectivity index (χ1n) is 10.5. The third-order valence-corrected chi connectivity index (χ3v) is 5.26. The van der Waals surface area contributed by atoms with Gasteiger partial charge in [0.05, 0.1) is 23.8 Å². The van der Waals surface area contributed by atoms with Gasteiger partial charge in [-0.2, -0.15) is 0 Å². The summed E-state index contributed by atoms with van der Waals surface area (Å²) in [5.41, 5.74) is 8.19. The fraction of sp³-hybridized carbons (Fsp3) is 0.273. The Hall–Kier alpha value is -3.73. The van der Waals surface area contributed by atoms with Gasteiger partial charge in [0.1, 0.15) is 0 Å². The monoisotopic (exact) mass is 469 g/mol. The highest BCUT2D eigenvalue weighted by molar-refractivity contribution is 7.92. The van der Waals surface area contributed by atoms with Crippen molar-refractivity contribution in [2.75, 3.05) is 33.5 Å². The van der Waals surface area contributed by atoms with Crippen LogP contribution < -0.4 is 20.7 Å². The maximum absolute atomic E-state index is 13.1. The maximum atomic E-state index is 13.1. The lowest BCUT2D eigenvalue weighted by Crippen LogP contribution is -2.37. The molecule has 2 amide bonds. The molecule has 0 saturated carbocycles. The molecule has 174 valence electrons. The first-order valence-corrected chi connectivity index (χ1v) is 12.3. The number of hydrogen-bond donors (Lipinski definition) is 3. The molecule has 2 heterocycles. The molecule has 0 saturated heterocycles. The molecule has 4 N–H and O–H groups in total. The molecule has 3 rings (SSSR count). The summed E-state index contributed by atoms with van der Waals surface area (Å²) in [5.74, 6) is 0.628. The van der Waals surface area contributed by atoms with Crippen LogP contribution in [0.25, 0.3) is 11.3 Å². The number of nitrogen functional groups attached to an aromatic ring is 1. The third kappa shape index (κ3) is 6.88. The largest absolute Gasteiger partial charge is 0.396 e. The van der Waals surface area contributed by atoms with Gasteiger partial charge in [-0.3, -0.25) is 19.9 Å². The van der Waals surface area contributed by atoms with Gasteiger partial charge < -0.3 is 5.73 Å². The van der Waals surface area contributed by atoms with Crippen LogP contribution in [-0.2, 0) is 10.0 Å². The second-order valence-corrected chi connectivity index (χ2v) is 9.19. The van der Waals surface area contributed by atoms with Crippen molar-refractivity contribution in [1.82, 2.24) is 15.0 Å². The maximum Gasteiger partial charge on any atom is 0.328 e. The number of unbranched alkanes of at least 4 members (excludes halogenated alkanes) is 2. The summed E-state index contributed by atoms with van der Waals surface area (Å²) < 4.78 is 25.6. The number of aromatic nitrogens is 3. The second kappa shape index (κ2) is 10.7. The van der Waals surface area contributed by atoms with Crippen LogP contribution in [0.3, 0.4) is 0 Å². The van der Waals surface area contributed by atoms with Gasteiger partial charge in [0.2, 0.25) is 10.0 Å². The Labute approximate surface area is 193 Å². The highest BCUT2D eigenvalue weighted by atomic mass is 32.2. The molecular weight excluding hydrogens is 442 g/mol. The Morgan fingerprint density at radius 1 is 1.15 bits per heavy atom. The van der Waals surface area contributed by atoms with Crippen molar-refractivity contribution in [2.24, 2.45) is 0 Å². The zero-order valence-electron chi connectivity index (χ0n) is 18.5. The minimum Gasteiger partial charge on any atom is -0.396 e. The minimum absolute atomic E-state index is 0.312. The van der Waals surface area contributed by atoms with Gasteiger partial charge in [-0.15, -0.1) is 0 Å². The molecule has 0 spiro atoms. The molecule has 10 nitrogen and oxygen atoms in total. The van der Waals surface area contributed by atoms with Crippen LogP contribution in [0, 0.1) is 0 Å². The quantitative estimate of drug-likeness (QED) is 0.405. The lowest BCUT2D eigenvalue weighted by atomic mass is 10.1. The first-order chi connectivity index (χ1) is 15.8. The molecule has 11 heteroatoms. The van der Waals surface area contributed by atoms with E-state index in [1.807, 2.05) is 0 Å². The molecule has 0 aliphatic rings. The summed E-state index contributed by atoms with van der Waals surface area (Å²) in [6.07, 6.45) is 8.24. The van der Waals surface area contributed by atoms with E-state index < -0.39 is 16.1 Å². The Kier molecular flexibility index (Phi) is 7.78. The third-order valence-electron chi connectivity index (χ3n) is 4.65. The van der Waals surface area contributed by atoms with Gasteiger partial charge in [0.15, 0.2) is 11.6 Å². The molecule has 3 aromatic rings. The number of benzene rings is 1. The van der Waals surface area contributed by atoms with Crippen molar-refractivity contribution < 1.29 is 13.2 Å². The minimum atomic E-state index is -3.42. The normalized spacial score (nSPS) is 11.1. The summed E-state index contributed by atoms with van der Waals surface area (Å²) in [5, 5.41) is 2.73. The Bertz CT molecular complexity index is 1200. The lowest BCUT2D eigenvalue weighted by molar-refractivity contribution is 0.256. The van der Waals surface area contributed by atoms with Gasteiger partial charge in [-0.05, 0) is 30.7 Å². The van der Waals surface area contributed by atoms with Crippen molar-refractivity contribution in [3.05, 3.63) is 55.0 Å². The van der Waals surface area contributed by atoms with Crippen molar-refractivity contribution in [3.8, 4) is 11.3 Å². The summed E-state index contributed by atoms with van der Waals surface area (Å²) in [7, 11) is -3.42. The van der Waals surface area contributed by atoms with E-state index in [1.165, 1.54) is 23.5 Å². The molecule has 0 radical (unpaired) electrons. The average Bonchev–Trinajstić information content (AvgIpc) is 2.77. The zero-order chi connectivity index (χ0) is 23.8. The van der Waals surface area contributed by atoms with E-state index in [2.05, 4.69) is 31.9 Å². The second-order valence-electron chi connectivity index (χ2n) is 7.44. The number of nitrogens with two attached hydrogens (primary N) is 1. The molecule has 0 bridgehead atoms. The molecule has 0 atom stereocenters. The van der Waals surface area contributed by atoms with Gasteiger partial charge >= 0.3 is 6.03 Å². The average molecular weight is 470 g/mol. The van der Waals surface area contributed by atoms with Crippen LogP contribution in [0.2, 0.25) is 0 Å². The Morgan fingerprint density at radius 3 is 2.67 bits per heavy atom. The number of anilines is 4. The van der Waals surface area contributed by atoms with Gasteiger partial charge in [-0.25, -0.2) is 23.2 Å². The number of carbonyl (C=O) groups is 1. The number of urea groups is 1. The molecule has 0 aliphatic heterocycles. The number of sulfonamides is 1. The first kappa shape index (κ1) is 23.9. The molecular formula is C22H27N7O3S. The summed E-state index contributed by atoms with van der Waals surface area (Å²) in [4.78, 5) is 27.3. The fourth-order valence-corrected chi connectivity index (χ4v) is 3.71. The predicted molar refractivity (Wildman–Crippen MR) is 130 cm³/mol. The van der Waals surface area contributed by atoms with E-state index in [0.29, 0.717) is 40.8 Å². The number of nitrogens with zero attached hydrogens (tertiary/aromatic N) is 4. The van der Waals surface area contributed by atoms with Gasteiger partial charge in [-0.1, -0.05) is 31.9 Å².